The minimum atomic E-state index is -4.38. The van der Waals surface area contributed by atoms with Gasteiger partial charge in [0.1, 0.15) is 11.5 Å². The molecule has 0 amide bonds. The van der Waals surface area contributed by atoms with Gasteiger partial charge in [-0.2, -0.15) is 13.2 Å². The van der Waals surface area contributed by atoms with Crippen LogP contribution in [0, 0.1) is 0 Å². The summed E-state index contributed by atoms with van der Waals surface area (Å²) in [7, 11) is 3.32. The second-order valence-corrected chi connectivity index (χ2v) is 7.19. The van der Waals surface area contributed by atoms with Crippen LogP contribution in [0.25, 0.3) is 0 Å². The molecule has 1 unspecified atom stereocenters. The van der Waals surface area contributed by atoms with Crippen molar-refractivity contribution < 1.29 is 22.6 Å². The Morgan fingerprint density at radius 2 is 1.84 bits per heavy atom. The lowest BCUT2D eigenvalue weighted by atomic mass is 10.2. The molecule has 0 saturated carbocycles. The predicted octanol–water partition coefficient (Wildman–Crippen LogP) is 3.58. The van der Waals surface area contributed by atoms with Gasteiger partial charge in [-0.3, -0.25) is 4.99 Å². The van der Waals surface area contributed by atoms with E-state index in [1.165, 1.54) is 6.07 Å². The van der Waals surface area contributed by atoms with E-state index in [1.807, 2.05) is 24.3 Å². The Balaban J connectivity index is 1.55. The van der Waals surface area contributed by atoms with Gasteiger partial charge in [0.2, 0.25) is 0 Å². The van der Waals surface area contributed by atoms with Crippen LogP contribution in [0.4, 0.5) is 18.9 Å². The van der Waals surface area contributed by atoms with Crippen molar-refractivity contribution in [1.82, 2.24) is 10.6 Å². The van der Waals surface area contributed by atoms with Crippen molar-refractivity contribution in [2.24, 2.45) is 4.99 Å². The number of nitrogens with one attached hydrogen (secondary N) is 2. The van der Waals surface area contributed by atoms with Gasteiger partial charge >= 0.3 is 6.18 Å². The van der Waals surface area contributed by atoms with E-state index >= 15 is 0 Å². The van der Waals surface area contributed by atoms with Crippen LogP contribution in [0.1, 0.15) is 12.0 Å². The zero-order valence-corrected chi connectivity index (χ0v) is 17.6. The third-order valence-corrected chi connectivity index (χ3v) is 4.99. The van der Waals surface area contributed by atoms with Crippen LogP contribution in [-0.4, -0.2) is 52.0 Å². The van der Waals surface area contributed by atoms with Crippen molar-refractivity contribution >= 4 is 11.6 Å². The number of guanidine groups is 1. The molecule has 1 atom stereocenters. The normalized spacial score (nSPS) is 16.9. The minimum absolute atomic E-state index is 0.174. The van der Waals surface area contributed by atoms with Gasteiger partial charge in [-0.25, -0.2) is 0 Å². The highest BCUT2D eigenvalue weighted by Gasteiger charge is 2.29. The number of benzene rings is 2. The maximum Gasteiger partial charge on any atom is 0.422 e. The number of methoxy groups -OCH3 is 1. The molecule has 168 valence electrons. The topological polar surface area (TPSA) is 58.1 Å². The fraction of sp³-hybridized carbons (Fsp3) is 0.409. The van der Waals surface area contributed by atoms with Crippen LogP contribution in [0.5, 0.6) is 11.5 Å². The molecular weight excluding hydrogens is 409 g/mol. The summed E-state index contributed by atoms with van der Waals surface area (Å²) in [6.45, 7) is 0.629. The summed E-state index contributed by atoms with van der Waals surface area (Å²) in [6, 6.07) is 14.7. The molecule has 1 aliphatic rings. The van der Waals surface area contributed by atoms with E-state index in [2.05, 4.69) is 20.5 Å². The van der Waals surface area contributed by atoms with Crippen molar-refractivity contribution in [3.05, 3.63) is 54.1 Å². The Hall–Kier alpha value is -3.10. The van der Waals surface area contributed by atoms with Gasteiger partial charge in [-0.15, -0.1) is 0 Å². The Morgan fingerprint density at radius 1 is 1.13 bits per heavy atom. The van der Waals surface area contributed by atoms with Gasteiger partial charge in [-0.05, 0) is 24.6 Å². The highest BCUT2D eigenvalue weighted by Crippen LogP contribution is 2.30. The third-order valence-electron chi connectivity index (χ3n) is 4.99. The molecule has 2 N–H and O–H groups in total. The summed E-state index contributed by atoms with van der Waals surface area (Å²) in [5.41, 5.74) is 1.67. The zero-order chi connectivity index (χ0) is 22.3. The molecular formula is C22H27F3N4O2. The first-order chi connectivity index (χ1) is 14.9. The summed E-state index contributed by atoms with van der Waals surface area (Å²) in [6.07, 6.45) is -3.46. The fourth-order valence-electron chi connectivity index (χ4n) is 3.51. The smallest absolute Gasteiger partial charge is 0.422 e. The largest absolute Gasteiger partial charge is 0.495 e. The van der Waals surface area contributed by atoms with E-state index in [-0.39, 0.29) is 18.3 Å². The number of para-hydroxylation sites is 3. The number of halogens is 3. The Kier molecular flexibility index (Phi) is 7.49. The number of aliphatic imine (C=N–C) groups is 1. The monoisotopic (exact) mass is 436 g/mol. The van der Waals surface area contributed by atoms with Gasteiger partial charge in [0.15, 0.2) is 12.6 Å². The van der Waals surface area contributed by atoms with Crippen molar-refractivity contribution in [1.29, 1.82) is 0 Å². The van der Waals surface area contributed by atoms with Gasteiger partial charge in [-0.1, -0.05) is 30.3 Å². The average molecular weight is 436 g/mol. The molecule has 9 heteroatoms. The van der Waals surface area contributed by atoms with Crippen LogP contribution in [0.15, 0.2) is 53.5 Å². The van der Waals surface area contributed by atoms with Gasteiger partial charge < -0.3 is 25.0 Å². The SMILES string of the molecule is CN=C(NCc1ccccc1OCC(F)(F)F)NC1CCN(c2ccccc2OC)C1. The first-order valence-electron chi connectivity index (χ1n) is 10.0. The molecule has 3 rings (SSSR count). The minimum Gasteiger partial charge on any atom is -0.495 e. The van der Waals surface area contributed by atoms with E-state index in [9.17, 15) is 13.2 Å². The molecule has 1 fully saturated rings. The number of anilines is 1. The summed E-state index contributed by atoms with van der Waals surface area (Å²) in [5, 5.41) is 6.55. The van der Waals surface area contributed by atoms with E-state index in [1.54, 1.807) is 32.4 Å². The number of ether oxygens (including phenoxy) is 2. The standard InChI is InChI=1S/C22H27F3N4O2/c1-26-21(27-13-16-7-3-5-9-19(16)31-15-22(23,24)25)28-17-11-12-29(14-17)18-8-4-6-10-20(18)30-2/h3-10,17H,11-15H2,1-2H3,(H2,26,27,28). The lowest BCUT2D eigenvalue weighted by molar-refractivity contribution is -0.153. The lowest BCUT2D eigenvalue weighted by Gasteiger charge is -2.22. The molecule has 0 aliphatic carbocycles. The van der Waals surface area contributed by atoms with Crippen LogP contribution < -0.4 is 25.0 Å². The van der Waals surface area contributed by atoms with Crippen molar-refractivity contribution in [3.8, 4) is 11.5 Å². The van der Waals surface area contributed by atoms with E-state index in [0.717, 1.165) is 30.9 Å². The number of nitrogens with zero attached hydrogens (tertiary/aromatic N) is 2. The fourth-order valence-corrected chi connectivity index (χ4v) is 3.51. The summed E-state index contributed by atoms with van der Waals surface area (Å²) < 4.78 is 47.9. The second kappa shape index (κ2) is 10.3. The molecule has 31 heavy (non-hydrogen) atoms. The summed E-state index contributed by atoms with van der Waals surface area (Å²) in [5.74, 6) is 1.62. The molecule has 0 radical (unpaired) electrons. The summed E-state index contributed by atoms with van der Waals surface area (Å²) in [4.78, 5) is 6.50. The molecule has 2 aromatic carbocycles. The van der Waals surface area contributed by atoms with Crippen LogP contribution in [0.2, 0.25) is 0 Å². The van der Waals surface area contributed by atoms with Crippen LogP contribution in [0.3, 0.4) is 0 Å². The van der Waals surface area contributed by atoms with Crippen molar-refractivity contribution in [2.45, 2.75) is 25.2 Å². The van der Waals surface area contributed by atoms with Crippen molar-refractivity contribution in [2.75, 3.05) is 38.8 Å². The first-order valence-corrected chi connectivity index (χ1v) is 10.0. The Morgan fingerprint density at radius 3 is 2.55 bits per heavy atom. The molecule has 1 heterocycles. The molecule has 2 aromatic rings. The van der Waals surface area contributed by atoms with E-state index in [0.29, 0.717) is 11.5 Å². The number of hydrogen-bond donors (Lipinski definition) is 2. The molecule has 0 spiro atoms. The van der Waals surface area contributed by atoms with Gasteiger partial charge in [0.25, 0.3) is 0 Å². The molecule has 0 aromatic heterocycles. The average Bonchev–Trinajstić information content (AvgIpc) is 3.23. The number of hydrogen-bond acceptors (Lipinski definition) is 4. The molecule has 1 saturated heterocycles. The van der Waals surface area contributed by atoms with Gasteiger partial charge in [0.05, 0.1) is 12.8 Å². The first kappa shape index (κ1) is 22.6. The zero-order valence-electron chi connectivity index (χ0n) is 17.6. The van der Waals surface area contributed by atoms with Crippen molar-refractivity contribution in [3.63, 3.8) is 0 Å². The summed E-state index contributed by atoms with van der Waals surface area (Å²) >= 11 is 0. The maximum atomic E-state index is 12.5. The highest BCUT2D eigenvalue weighted by atomic mass is 19.4. The third kappa shape index (κ3) is 6.44. The van der Waals surface area contributed by atoms with Gasteiger partial charge in [0, 0.05) is 38.3 Å². The molecule has 1 aliphatic heterocycles. The van der Waals surface area contributed by atoms with E-state index < -0.39 is 12.8 Å². The molecule has 0 bridgehead atoms. The predicted molar refractivity (Wildman–Crippen MR) is 115 cm³/mol. The number of alkyl halides is 3. The Bertz CT molecular complexity index is 889. The highest BCUT2D eigenvalue weighted by molar-refractivity contribution is 5.80. The van der Waals surface area contributed by atoms with E-state index in [4.69, 9.17) is 9.47 Å². The van der Waals surface area contributed by atoms with Crippen LogP contribution in [-0.2, 0) is 6.54 Å². The second-order valence-electron chi connectivity index (χ2n) is 7.19. The molecule has 6 nitrogen and oxygen atoms in total. The number of rotatable bonds is 7. The van der Waals surface area contributed by atoms with Crippen LogP contribution >= 0.6 is 0 Å². The Labute approximate surface area is 180 Å². The quantitative estimate of drug-likeness (QED) is 0.513. The lowest BCUT2D eigenvalue weighted by Crippen LogP contribution is -2.44. The maximum absolute atomic E-state index is 12.5.